The first-order valence-corrected chi connectivity index (χ1v) is 10.4. The van der Waals surface area contributed by atoms with Crippen molar-refractivity contribution in [2.45, 2.75) is 69.1 Å². The summed E-state index contributed by atoms with van der Waals surface area (Å²) in [6, 6.07) is 0.396. The fraction of sp³-hybridized carbons (Fsp3) is 0.600. The quantitative estimate of drug-likeness (QED) is 0.797. The summed E-state index contributed by atoms with van der Waals surface area (Å²) in [6.07, 6.45) is 8.30. The Balaban J connectivity index is 1.38. The van der Waals surface area contributed by atoms with Crippen LogP contribution in [0.5, 0.6) is 0 Å². The van der Waals surface area contributed by atoms with E-state index in [0.717, 1.165) is 43.1 Å². The Morgan fingerprint density at radius 1 is 1.37 bits per heavy atom. The van der Waals surface area contributed by atoms with Crippen LogP contribution in [0.25, 0.3) is 11.0 Å². The Bertz CT molecular complexity index is 911. The van der Waals surface area contributed by atoms with E-state index in [1.165, 1.54) is 6.20 Å². The van der Waals surface area contributed by atoms with E-state index in [-0.39, 0.29) is 23.9 Å². The van der Waals surface area contributed by atoms with Crippen molar-refractivity contribution in [2.24, 2.45) is 5.92 Å². The molecule has 4 fully saturated rings. The molecule has 3 unspecified atom stereocenters. The minimum Gasteiger partial charge on any atom is -0.390 e. The fourth-order valence-corrected chi connectivity index (χ4v) is 6.31. The highest BCUT2D eigenvalue weighted by molar-refractivity contribution is 6.45. The summed E-state index contributed by atoms with van der Waals surface area (Å²) in [6.45, 7) is 2.04. The lowest BCUT2D eigenvalue weighted by atomic mass is 9.61. The molecule has 4 heterocycles. The van der Waals surface area contributed by atoms with Crippen LogP contribution in [0, 0.1) is 5.92 Å². The highest BCUT2D eigenvalue weighted by Crippen LogP contribution is 2.51. The number of nitrogens with zero attached hydrogens (tertiary/aromatic N) is 2. The predicted octanol–water partition coefficient (Wildman–Crippen LogP) is 4.27. The van der Waals surface area contributed by atoms with Gasteiger partial charge in [-0.25, -0.2) is 4.98 Å². The standard InChI is InChI=1S/C20H23Cl2N3O2/c1-10(14-8-23-19-17(14)18(22)15(21)9-24-19)2-16(26)25-12-3-11-4-13(25)7-20(27,5-11)6-12/h8-13,27H,2-7H2,1H3,(H,23,24). The number of aliphatic hydroxyl groups is 1. The SMILES string of the molecule is CC(CC(=O)N1C2CC3CC1CC(O)(C3)C2)c1c[nH]c2ncc(Cl)c(Cl)c12. The van der Waals surface area contributed by atoms with Crippen molar-refractivity contribution in [3.63, 3.8) is 0 Å². The van der Waals surface area contributed by atoms with E-state index < -0.39 is 5.60 Å². The van der Waals surface area contributed by atoms with Crippen molar-refractivity contribution >= 4 is 40.1 Å². The zero-order valence-corrected chi connectivity index (χ0v) is 16.7. The number of piperidine rings is 2. The van der Waals surface area contributed by atoms with Crippen molar-refractivity contribution in [1.29, 1.82) is 0 Å². The summed E-state index contributed by atoms with van der Waals surface area (Å²) in [5.41, 5.74) is 1.13. The zero-order chi connectivity index (χ0) is 18.9. The zero-order valence-electron chi connectivity index (χ0n) is 15.2. The average molecular weight is 408 g/mol. The highest BCUT2D eigenvalue weighted by atomic mass is 35.5. The summed E-state index contributed by atoms with van der Waals surface area (Å²) >= 11 is 12.5. The molecule has 144 valence electrons. The van der Waals surface area contributed by atoms with Crippen LogP contribution in [0.2, 0.25) is 10.0 Å². The largest absolute Gasteiger partial charge is 0.390 e. The first-order chi connectivity index (χ1) is 12.8. The lowest BCUT2D eigenvalue weighted by Gasteiger charge is -2.59. The van der Waals surface area contributed by atoms with E-state index in [1.807, 2.05) is 13.1 Å². The van der Waals surface area contributed by atoms with Crippen LogP contribution in [0.3, 0.4) is 0 Å². The molecule has 6 rings (SSSR count). The molecule has 2 aliphatic heterocycles. The molecule has 0 aromatic carbocycles. The van der Waals surface area contributed by atoms with Crippen LogP contribution in [-0.2, 0) is 4.79 Å². The Labute approximate surface area is 168 Å². The number of aromatic amines is 1. The smallest absolute Gasteiger partial charge is 0.223 e. The summed E-state index contributed by atoms with van der Waals surface area (Å²) < 4.78 is 0. The molecular formula is C20H23Cl2N3O2. The molecule has 7 heteroatoms. The van der Waals surface area contributed by atoms with Gasteiger partial charge in [0.15, 0.2) is 0 Å². The number of H-pyrrole nitrogens is 1. The summed E-state index contributed by atoms with van der Waals surface area (Å²) in [7, 11) is 0. The maximum Gasteiger partial charge on any atom is 0.223 e. The Hall–Kier alpha value is -1.30. The molecule has 2 aromatic heterocycles. The van der Waals surface area contributed by atoms with Gasteiger partial charge in [0.2, 0.25) is 5.91 Å². The lowest BCUT2D eigenvalue weighted by Crippen LogP contribution is -2.65. The van der Waals surface area contributed by atoms with Gasteiger partial charge in [-0.3, -0.25) is 4.79 Å². The third-order valence-electron chi connectivity index (χ3n) is 6.82. The maximum atomic E-state index is 13.2. The molecule has 3 atom stereocenters. The van der Waals surface area contributed by atoms with E-state index in [4.69, 9.17) is 23.2 Å². The molecule has 1 amide bonds. The van der Waals surface area contributed by atoms with Gasteiger partial charge in [0.05, 0.1) is 15.6 Å². The summed E-state index contributed by atoms with van der Waals surface area (Å²) in [5, 5.41) is 12.4. The number of hydrogen-bond donors (Lipinski definition) is 2. The molecule has 2 aromatic rings. The normalized spacial score (nSPS) is 33.0. The van der Waals surface area contributed by atoms with Gasteiger partial charge < -0.3 is 15.0 Å². The van der Waals surface area contributed by atoms with Gasteiger partial charge in [0.1, 0.15) is 5.65 Å². The number of aromatic nitrogens is 2. The van der Waals surface area contributed by atoms with Gasteiger partial charge in [-0.05, 0) is 49.5 Å². The van der Waals surface area contributed by atoms with E-state index >= 15 is 0 Å². The van der Waals surface area contributed by atoms with Crippen LogP contribution < -0.4 is 0 Å². The molecule has 4 bridgehead atoms. The number of pyridine rings is 1. The second-order valence-corrected chi connectivity index (χ2v) is 9.56. The minimum absolute atomic E-state index is 0.00397. The molecule has 0 radical (unpaired) electrons. The molecular weight excluding hydrogens is 385 g/mol. The number of fused-ring (bicyclic) bond motifs is 1. The van der Waals surface area contributed by atoms with Gasteiger partial charge in [0, 0.05) is 36.3 Å². The molecule has 0 spiro atoms. The van der Waals surface area contributed by atoms with Crippen LogP contribution in [0.15, 0.2) is 12.4 Å². The van der Waals surface area contributed by atoms with Crippen molar-refractivity contribution < 1.29 is 9.90 Å². The Morgan fingerprint density at radius 3 is 2.74 bits per heavy atom. The lowest BCUT2D eigenvalue weighted by molar-refractivity contribution is -0.174. The summed E-state index contributed by atoms with van der Waals surface area (Å²) in [4.78, 5) is 22.7. The van der Waals surface area contributed by atoms with E-state index in [0.29, 0.717) is 28.0 Å². The van der Waals surface area contributed by atoms with Gasteiger partial charge >= 0.3 is 0 Å². The second-order valence-electron chi connectivity index (χ2n) is 8.78. The first kappa shape index (κ1) is 17.8. The van der Waals surface area contributed by atoms with Gasteiger partial charge in [-0.2, -0.15) is 0 Å². The van der Waals surface area contributed by atoms with E-state index in [1.54, 1.807) is 0 Å². The first-order valence-electron chi connectivity index (χ1n) is 9.69. The van der Waals surface area contributed by atoms with Crippen LogP contribution in [0.4, 0.5) is 0 Å². The number of halogens is 2. The molecule has 2 saturated heterocycles. The highest BCUT2D eigenvalue weighted by Gasteiger charge is 2.54. The van der Waals surface area contributed by atoms with Crippen molar-refractivity contribution in [3.8, 4) is 0 Å². The molecule has 27 heavy (non-hydrogen) atoms. The molecule has 5 nitrogen and oxygen atoms in total. The fourth-order valence-electron chi connectivity index (χ4n) is 5.92. The van der Waals surface area contributed by atoms with Gasteiger partial charge in [-0.15, -0.1) is 0 Å². The maximum absolute atomic E-state index is 13.2. The van der Waals surface area contributed by atoms with Crippen molar-refractivity contribution in [3.05, 3.63) is 28.0 Å². The van der Waals surface area contributed by atoms with Crippen LogP contribution in [0.1, 0.15) is 56.9 Å². The van der Waals surface area contributed by atoms with Crippen molar-refractivity contribution in [2.75, 3.05) is 0 Å². The Morgan fingerprint density at radius 2 is 2.07 bits per heavy atom. The third-order valence-corrected chi connectivity index (χ3v) is 7.60. The molecule has 2 saturated carbocycles. The Kier molecular flexibility index (Phi) is 4.01. The monoisotopic (exact) mass is 407 g/mol. The van der Waals surface area contributed by atoms with Crippen molar-refractivity contribution in [1.82, 2.24) is 14.9 Å². The van der Waals surface area contributed by atoms with Gasteiger partial charge in [-0.1, -0.05) is 30.1 Å². The number of nitrogens with one attached hydrogen (secondary N) is 1. The van der Waals surface area contributed by atoms with Gasteiger partial charge in [0.25, 0.3) is 0 Å². The number of amides is 1. The summed E-state index contributed by atoms with van der Waals surface area (Å²) in [5.74, 6) is 0.763. The van der Waals surface area contributed by atoms with Crippen LogP contribution >= 0.6 is 23.2 Å². The molecule has 2 N–H and O–H groups in total. The third kappa shape index (κ3) is 2.78. The van der Waals surface area contributed by atoms with E-state index in [2.05, 4.69) is 14.9 Å². The van der Waals surface area contributed by atoms with E-state index in [9.17, 15) is 9.90 Å². The number of carbonyl (C=O) groups is 1. The number of rotatable bonds is 3. The topological polar surface area (TPSA) is 69.2 Å². The molecule has 2 aliphatic carbocycles. The molecule has 4 aliphatic rings. The predicted molar refractivity (Wildman–Crippen MR) is 105 cm³/mol. The average Bonchev–Trinajstić information content (AvgIpc) is 3.01. The number of carbonyl (C=O) groups excluding carboxylic acids is 1. The van der Waals surface area contributed by atoms with Crippen LogP contribution in [-0.4, -0.2) is 43.6 Å². The second kappa shape index (κ2) is 6.10. The number of hydrogen-bond acceptors (Lipinski definition) is 3. The minimum atomic E-state index is -0.536.